The molecule has 7 heteroatoms. The van der Waals surface area contributed by atoms with E-state index in [2.05, 4.69) is 5.32 Å². The zero-order valence-corrected chi connectivity index (χ0v) is 11.7. The molecule has 0 aliphatic heterocycles. The SMILES string of the molecule is CCOC(=O)C(CC(=O)CO)NC(=O)OC(C)(C)C. The van der Waals surface area contributed by atoms with E-state index in [0.29, 0.717) is 0 Å². The lowest BCUT2D eigenvalue weighted by atomic mass is 10.1. The molecule has 110 valence electrons. The lowest BCUT2D eigenvalue weighted by molar-refractivity contribution is -0.147. The molecular formula is C12H21NO6. The van der Waals surface area contributed by atoms with Crippen LogP contribution in [0, 0.1) is 0 Å². The highest BCUT2D eigenvalue weighted by Gasteiger charge is 2.27. The summed E-state index contributed by atoms with van der Waals surface area (Å²) >= 11 is 0. The summed E-state index contributed by atoms with van der Waals surface area (Å²) in [6.07, 6.45) is -1.16. The van der Waals surface area contributed by atoms with Gasteiger partial charge < -0.3 is 19.9 Å². The van der Waals surface area contributed by atoms with E-state index >= 15 is 0 Å². The number of aliphatic hydroxyl groups excluding tert-OH is 1. The first-order valence-corrected chi connectivity index (χ1v) is 5.98. The fourth-order valence-electron chi connectivity index (χ4n) is 1.18. The Labute approximate surface area is 112 Å². The number of ketones is 1. The molecule has 0 aromatic heterocycles. The molecule has 0 aromatic carbocycles. The molecule has 0 saturated carbocycles. The summed E-state index contributed by atoms with van der Waals surface area (Å²) in [5.41, 5.74) is -0.718. The third-order valence-electron chi connectivity index (χ3n) is 1.87. The van der Waals surface area contributed by atoms with Crippen LogP contribution in [0.15, 0.2) is 0 Å². The van der Waals surface area contributed by atoms with Crippen molar-refractivity contribution < 1.29 is 29.0 Å². The summed E-state index contributed by atoms with van der Waals surface area (Å²) in [6, 6.07) is -1.16. The first kappa shape index (κ1) is 17.4. The third kappa shape index (κ3) is 8.15. The average molecular weight is 275 g/mol. The molecule has 2 N–H and O–H groups in total. The van der Waals surface area contributed by atoms with Crippen molar-refractivity contribution in [3.8, 4) is 0 Å². The number of rotatable bonds is 6. The molecular weight excluding hydrogens is 254 g/mol. The van der Waals surface area contributed by atoms with Crippen LogP contribution in [0.5, 0.6) is 0 Å². The maximum atomic E-state index is 11.6. The van der Waals surface area contributed by atoms with Crippen molar-refractivity contribution in [1.29, 1.82) is 0 Å². The van der Waals surface area contributed by atoms with Gasteiger partial charge in [0, 0.05) is 6.42 Å². The fourth-order valence-corrected chi connectivity index (χ4v) is 1.18. The average Bonchev–Trinajstić information content (AvgIpc) is 2.25. The van der Waals surface area contributed by atoms with Gasteiger partial charge in [-0.2, -0.15) is 0 Å². The smallest absolute Gasteiger partial charge is 0.408 e. The summed E-state index contributed by atoms with van der Waals surface area (Å²) in [5, 5.41) is 10.9. The number of carbonyl (C=O) groups excluding carboxylic acids is 3. The minimum atomic E-state index is -1.16. The van der Waals surface area contributed by atoms with Gasteiger partial charge >= 0.3 is 12.1 Å². The first-order valence-electron chi connectivity index (χ1n) is 5.98. The lowest BCUT2D eigenvalue weighted by Gasteiger charge is -2.22. The number of nitrogens with one attached hydrogen (secondary N) is 1. The molecule has 0 saturated heterocycles. The highest BCUT2D eigenvalue weighted by molar-refractivity contribution is 5.89. The number of carbonyl (C=O) groups is 3. The highest BCUT2D eigenvalue weighted by Crippen LogP contribution is 2.07. The molecule has 0 aliphatic rings. The Balaban J connectivity index is 4.61. The second kappa shape index (κ2) is 7.73. The molecule has 19 heavy (non-hydrogen) atoms. The van der Waals surface area contributed by atoms with Crippen LogP contribution in [0.1, 0.15) is 34.1 Å². The van der Waals surface area contributed by atoms with E-state index in [-0.39, 0.29) is 13.0 Å². The Bertz CT molecular complexity index is 334. The van der Waals surface area contributed by atoms with Crippen molar-refractivity contribution in [1.82, 2.24) is 5.32 Å². The van der Waals surface area contributed by atoms with Gasteiger partial charge in [0.05, 0.1) is 6.61 Å². The number of hydrogen-bond donors (Lipinski definition) is 2. The number of hydrogen-bond acceptors (Lipinski definition) is 6. The molecule has 0 radical (unpaired) electrons. The Morgan fingerprint density at radius 1 is 1.26 bits per heavy atom. The summed E-state index contributed by atoms with van der Waals surface area (Å²) in [5.74, 6) is -1.32. The number of ether oxygens (including phenoxy) is 2. The van der Waals surface area contributed by atoms with Crippen LogP contribution in [0.25, 0.3) is 0 Å². The van der Waals surface area contributed by atoms with E-state index in [1.807, 2.05) is 0 Å². The third-order valence-corrected chi connectivity index (χ3v) is 1.87. The van der Waals surface area contributed by atoms with E-state index in [1.165, 1.54) is 0 Å². The molecule has 7 nitrogen and oxygen atoms in total. The van der Waals surface area contributed by atoms with Gasteiger partial charge in [-0.3, -0.25) is 4.79 Å². The largest absolute Gasteiger partial charge is 0.464 e. The van der Waals surface area contributed by atoms with E-state index in [4.69, 9.17) is 14.6 Å². The minimum absolute atomic E-state index is 0.124. The monoisotopic (exact) mass is 275 g/mol. The van der Waals surface area contributed by atoms with Crippen molar-refractivity contribution in [2.24, 2.45) is 0 Å². The minimum Gasteiger partial charge on any atom is -0.464 e. The predicted molar refractivity (Wildman–Crippen MR) is 66.5 cm³/mol. The molecule has 1 amide bonds. The quantitative estimate of drug-likeness (QED) is 0.680. The van der Waals surface area contributed by atoms with Gasteiger partial charge in [-0.25, -0.2) is 9.59 Å². The maximum absolute atomic E-state index is 11.6. The number of Topliss-reactive ketones (excluding diaryl/α,β-unsaturated/α-hetero) is 1. The Morgan fingerprint density at radius 3 is 2.26 bits per heavy atom. The molecule has 0 bridgehead atoms. The second-order valence-electron chi connectivity index (χ2n) is 4.85. The standard InChI is InChI=1S/C12H21NO6/c1-5-18-10(16)9(6-8(15)7-14)13-11(17)19-12(2,3)4/h9,14H,5-7H2,1-4H3,(H,13,17). The van der Waals surface area contributed by atoms with Gasteiger partial charge in [0.1, 0.15) is 18.2 Å². The first-order chi connectivity index (χ1) is 8.69. The molecule has 0 aromatic rings. The Hall–Kier alpha value is -1.63. The van der Waals surface area contributed by atoms with Crippen LogP contribution < -0.4 is 5.32 Å². The van der Waals surface area contributed by atoms with E-state index in [0.717, 1.165) is 0 Å². The van der Waals surface area contributed by atoms with Gasteiger partial charge in [-0.1, -0.05) is 0 Å². The molecule has 0 aliphatic carbocycles. The van der Waals surface area contributed by atoms with Gasteiger partial charge in [0.15, 0.2) is 5.78 Å². The van der Waals surface area contributed by atoms with E-state index in [9.17, 15) is 14.4 Å². The van der Waals surface area contributed by atoms with Gasteiger partial charge in [0.25, 0.3) is 0 Å². The van der Waals surface area contributed by atoms with E-state index < -0.39 is 36.1 Å². The number of alkyl carbamates (subject to hydrolysis) is 1. The van der Waals surface area contributed by atoms with Crippen molar-refractivity contribution in [3.63, 3.8) is 0 Å². The van der Waals surface area contributed by atoms with Gasteiger partial charge in [0.2, 0.25) is 0 Å². The van der Waals surface area contributed by atoms with Crippen molar-refractivity contribution in [2.45, 2.75) is 45.8 Å². The summed E-state index contributed by atoms with van der Waals surface area (Å²) in [7, 11) is 0. The Morgan fingerprint density at radius 2 is 1.84 bits per heavy atom. The number of aliphatic hydroxyl groups is 1. The topological polar surface area (TPSA) is 102 Å². The van der Waals surface area contributed by atoms with Crippen LogP contribution in [-0.4, -0.2) is 47.8 Å². The molecule has 0 spiro atoms. The zero-order valence-electron chi connectivity index (χ0n) is 11.7. The fraction of sp³-hybridized carbons (Fsp3) is 0.750. The summed E-state index contributed by atoms with van der Waals surface area (Å²) < 4.78 is 9.72. The summed E-state index contributed by atoms with van der Waals surface area (Å²) in [6.45, 7) is 6.04. The predicted octanol–water partition coefficient (Wildman–Crippen LogP) is 0.394. The van der Waals surface area contributed by atoms with Crippen molar-refractivity contribution in [2.75, 3.05) is 13.2 Å². The second-order valence-corrected chi connectivity index (χ2v) is 4.85. The number of esters is 1. The van der Waals surface area contributed by atoms with Crippen LogP contribution in [0.3, 0.4) is 0 Å². The molecule has 0 fully saturated rings. The zero-order chi connectivity index (χ0) is 15.1. The van der Waals surface area contributed by atoms with Crippen molar-refractivity contribution in [3.05, 3.63) is 0 Å². The van der Waals surface area contributed by atoms with Crippen LogP contribution >= 0.6 is 0 Å². The number of amides is 1. The van der Waals surface area contributed by atoms with Gasteiger partial charge in [-0.15, -0.1) is 0 Å². The van der Waals surface area contributed by atoms with E-state index in [1.54, 1.807) is 27.7 Å². The normalized spacial score (nSPS) is 12.5. The van der Waals surface area contributed by atoms with Crippen LogP contribution in [-0.2, 0) is 19.1 Å². The van der Waals surface area contributed by atoms with Crippen LogP contribution in [0.2, 0.25) is 0 Å². The Kier molecular flexibility index (Phi) is 7.06. The summed E-state index contributed by atoms with van der Waals surface area (Å²) in [4.78, 5) is 34.2. The lowest BCUT2D eigenvalue weighted by Crippen LogP contribution is -2.45. The molecule has 0 rings (SSSR count). The molecule has 1 atom stereocenters. The maximum Gasteiger partial charge on any atom is 0.408 e. The van der Waals surface area contributed by atoms with Crippen LogP contribution in [0.4, 0.5) is 4.79 Å². The molecule has 0 heterocycles. The van der Waals surface area contributed by atoms with Gasteiger partial charge in [-0.05, 0) is 27.7 Å². The van der Waals surface area contributed by atoms with Crippen molar-refractivity contribution >= 4 is 17.8 Å². The highest BCUT2D eigenvalue weighted by atomic mass is 16.6. The molecule has 1 unspecified atom stereocenters.